The number of H-pyrrole nitrogens is 1. The minimum Gasteiger partial charge on any atom is -0.388 e. The summed E-state index contributed by atoms with van der Waals surface area (Å²) in [6.45, 7) is 5.32. The monoisotopic (exact) mass is 238 g/mol. The van der Waals surface area contributed by atoms with Crippen LogP contribution in [0.2, 0.25) is 0 Å². The lowest BCUT2D eigenvalue weighted by atomic mass is 10.0. The van der Waals surface area contributed by atoms with Gasteiger partial charge in [-0.25, -0.2) is 0 Å². The maximum Gasteiger partial charge on any atom is 0.260 e. The lowest BCUT2D eigenvalue weighted by Crippen LogP contribution is -2.41. The molecule has 1 unspecified atom stereocenters. The van der Waals surface area contributed by atoms with Crippen molar-refractivity contribution in [1.29, 1.82) is 0 Å². The molecule has 1 atom stereocenters. The summed E-state index contributed by atoms with van der Waals surface area (Å²) in [5.74, 6) is -0.472. The van der Waals surface area contributed by atoms with Crippen molar-refractivity contribution in [2.75, 3.05) is 6.54 Å². The average molecular weight is 238 g/mol. The molecule has 1 amide bonds. The number of aliphatic hydroxyl groups is 1. The minimum absolute atomic E-state index is 0.0579. The van der Waals surface area contributed by atoms with E-state index >= 15 is 0 Å². The molecule has 1 aromatic rings. The molecule has 1 rings (SSSR count). The summed E-state index contributed by atoms with van der Waals surface area (Å²) in [6, 6.07) is 3.14. The van der Waals surface area contributed by atoms with Crippen LogP contribution in [0, 0.1) is 6.92 Å². The van der Waals surface area contributed by atoms with Gasteiger partial charge < -0.3 is 15.4 Å². The smallest absolute Gasteiger partial charge is 0.260 e. The van der Waals surface area contributed by atoms with Crippen molar-refractivity contribution in [2.24, 2.45) is 0 Å². The molecule has 1 heterocycles. The summed E-state index contributed by atoms with van der Waals surface area (Å²) in [4.78, 5) is 25.7. The number of carbonyl (C=O) groups excluding carboxylic acids is 1. The molecular formula is C12H18N2O3. The average Bonchev–Trinajstić information content (AvgIpc) is 2.26. The first kappa shape index (κ1) is 13.4. The summed E-state index contributed by atoms with van der Waals surface area (Å²) < 4.78 is 0. The van der Waals surface area contributed by atoms with E-state index in [4.69, 9.17) is 0 Å². The minimum atomic E-state index is -0.951. The summed E-state index contributed by atoms with van der Waals surface area (Å²) >= 11 is 0. The molecule has 5 nitrogen and oxygen atoms in total. The Morgan fingerprint density at radius 3 is 2.71 bits per heavy atom. The fourth-order valence-corrected chi connectivity index (χ4v) is 1.24. The van der Waals surface area contributed by atoms with Gasteiger partial charge in [-0.05, 0) is 32.4 Å². The van der Waals surface area contributed by atoms with E-state index in [1.54, 1.807) is 19.9 Å². The van der Waals surface area contributed by atoms with Gasteiger partial charge in [-0.2, -0.15) is 0 Å². The highest BCUT2D eigenvalue weighted by atomic mass is 16.3. The predicted molar refractivity (Wildman–Crippen MR) is 65.0 cm³/mol. The zero-order chi connectivity index (χ0) is 13.1. The van der Waals surface area contributed by atoms with Crippen molar-refractivity contribution in [1.82, 2.24) is 10.3 Å². The quantitative estimate of drug-likeness (QED) is 0.717. The van der Waals surface area contributed by atoms with Crippen molar-refractivity contribution in [3.8, 4) is 0 Å². The topological polar surface area (TPSA) is 82.2 Å². The highest BCUT2D eigenvalue weighted by Gasteiger charge is 2.19. The normalized spacial score (nSPS) is 14.1. The van der Waals surface area contributed by atoms with Gasteiger partial charge in [0.25, 0.3) is 11.5 Å². The van der Waals surface area contributed by atoms with Crippen molar-refractivity contribution >= 4 is 5.91 Å². The van der Waals surface area contributed by atoms with E-state index < -0.39 is 17.1 Å². The van der Waals surface area contributed by atoms with E-state index in [-0.39, 0.29) is 12.1 Å². The third-order valence-corrected chi connectivity index (χ3v) is 2.69. The molecule has 0 aromatic carbocycles. The van der Waals surface area contributed by atoms with Crippen molar-refractivity contribution in [2.45, 2.75) is 32.8 Å². The van der Waals surface area contributed by atoms with E-state index in [9.17, 15) is 14.7 Å². The molecule has 0 aliphatic carbocycles. The number of hydrogen-bond donors (Lipinski definition) is 3. The highest BCUT2D eigenvalue weighted by molar-refractivity contribution is 5.93. The van der Waals surface area contributed by atoms with Crippen LogP contribution in [0.4, 0.5) is 0 Å². The third kappa shape index (κ3) is 3.71. The second-order valence-electron chi connectivity index (χ2n) is 4.42. The van der Waals surface area contributed by atoms with Crippen LogP contribution >= 0.6 is 0 Å². The molecule has 0 saturated carbocycles. The van der Waals surface area contributed by atoms with Gasteiger partial charge in [0, 0.05) is 12.2 Å². The van der Waals surface area contributed by atoms with E-state index in [1.807, 2.05) is 6.92 Å². The Morgan fingerprint density at radius 2 is 2.18 bits per heavy atom. The molecular weight excluding hydrogens is 220 g/mol. The number of hydrogen-bond acceptors (Lipinski definition) is 3. The summed E-state index contributed by atoms with van der Waals surface area (Å²) in [5.41, 5.74) is -0.610. The molecule has 0 fully saturated rings. The standard InChI is InChI=1S/C12H18N2O3/c1-4-12(3,17)7-13-10(15)9-6-5-8(2)14-11(9)16/h5-6,17H,4,7H2,1-3H3,(H,13,15)(H,14,16). The van der Waals surface area contributed by atoms with E-state index in [1.165, 1.54) is 6.07 Å². The molecule has 17 heavy (non-hydrogen) atoms. The van der Waals surface area contributed by atoms with E-state index in [2.05, 4.69) is 10.3 Å². The van der Waals surface area contributed by atoms with Crippen LogP contribution in [-0.2, 0) is 0 Å². The SMILES string of the molecule is CCC(C)(O)CNC(=O)c1ccc(C)[nH]c1=O. The van der Waals surface area contributed by atoms with Crippen LogP contribution in [0.25, 0.3) is 0 Å². The van der Waals surface area contributed by atoms with Crippen LogP contribution in [0.5, 0.6) is 0 Å². The Bertz CT molecular complexity index is 463. The van der Waals surface area contributed by atoms with Crippen LogP contribution in [0.1, 0.15) is 36.3 Å². The zero-order valence-corrected chi connectivity index (χ0v) is 10.3. The summed E-state index contributed by atoms with van der Waals surface area (Å²) in [6.07, 6.45) is 0.525. The Labute approximate surface area is 99.9 Å². The number of pyridine rings is 1. The first-order valence-corrected chi connectivity index (χ1v) is 5.56. The lowest BCUT2D eigenvalue weighted by molar-refractivity contribution is 0.0518. The first-order chi connectivity index (χ1) is 7.85. The van der Waals surface area contributed by atoms with Gasteiger partial charge in [0.15, 0.2) is 0 Å². The number of nitrogens with one attached hydrogen (secondary N) is 2. The highest BCUT2D eigenvalue weighted by Crippen LogP contribution is 2.06. The molecule has 0 aliphatic rings. The molecule has 0 radical (unpaired) electrons. The van der Waals surface area contributed by atoms with Crippen LogP contribution < -0.4 is 10.9 Å². The molecule has 0 aliphatic heterocycles. The second-order valence-corrected chi connectivity index (χ2v) is 4.42. The van der Waals surface area contributed by atoms with Gasteiger partial charge in [0.1, 0.15) is 5.56 Å². The fraction of sp³-hybridized carbons (Fsp3) is 0.500. The van der Waals surface area contributed by atoms with E-state index in [0.29, 0.717) is 12.1 Å². The lowest BCUT2D eigenvalue weighted by Gasteiger charge is -2.21. The van der Waals surface area contributed by atoms with Crippen molar-refractivity contribution < 1.29 is 9.90 Å². The Kier molecular flexibility index (Phi) is 4.07. The molecule has 0 bridgehead atoms. The van der Waals surface area contributed by atoms with Gasteiger partial charge in [-0.15, -0.1) is 0 Å². The predicted octanol–water partition coefficient (Wildman–Crippen LogP) is 0.574. The molecule has 0 spiro atoms. The van der Waals surface area contributed by atoms with Gasteiger partial charge in [0.05, 0.1) is 5.60 Å². The molecule has 0 saturated heterocycles. The fourth-order valence-electron chi connectivity index (χ4n) is 1.24. The maximum absolute atomic E-state index is 11.7. The Hall–Kier alpha value is -1.62. The number of carbonyl (C=O) groups is 1. The van der Waals surface area contributed by atoms with Crippen molar-refractivity contribution in [3.63, 3.8) is 0 Å². The number of rotatable bonds is 4. The Balaban J connectivity index is 2.74. The zero-order valence-electron chi connectivity index (χ0n) is 10.3. The molecule has 5 heteroatoms. The largest absolute Gasteiger partial charge is 0.388 e. The molecule has 1 aromatic heterocycles. The van der Waals surface area contributed by atoms with Crippen LogP contribution in [0.3, 0.4) is 0 Å². The van der Waals surface area contributed by atoms with Crippen LogP contribution in [-0.4, -0.2) is 28.1 Å². The van der Waals surface area contributed by atoms with Gasteiger partial charge >= 0.3 is 0 Å². The Morgan fingerprint density at radius 1 is 1.53 bits per heavy atom. The number of aryl methyl sites for hydroxylation is 1. The number of amides is 1. The number of aromatic amines is 1. The maximum atomic E-state index is 11.7. The van der Waals surface area contributed by atoms with Crippen molar-refractivity contribution in [3.05, 3.63) is 33.7 Å². The summed E-state index contributed by atoms with van der Waals surface area (Å²) in [5, 5.41) is 12.3. The third-order valence-electron chi connectivity index (χ3n) is 2.69. The first-order valence-electron chi connectivity index (χ1n) is 5.56. The van der Waals surface area contributed by atoms with Crippen LogP contribution in [0.15, 0.2) is 16.9 Å². The number of aromatic nitrogens is 1. The molecule has 94 valence electrons. The molecule has 3 N–H and O–H groups in total. The second kappa shape index (κ2) is 5.14. The van der Waals surface area contributed by atoms with Gasteiger partial charge in [-0.1, -0.05) is 6.92 Å². The van der Waals surface area contributed by atoms with Gasteiger partial charge in [-0.3, -0.25) is 9.59 Å². The van der Waals surface area contributed by atoms with Gasteiger partial charge in [0.2, 0.25) is 0 Å². The summed E-state index contributed by atoms with van der Waals surface area (Å²) in [7, 11) is 0. The van der Waals surface area contributed by atoms with E-state index in [0.717, 1.165) is 0 Å².